The molecule has 2 aromatic carbocycles. The second-order valence-electron chi connectivity index (χ2n) is 7.00. The van der Waals surface area contributed by atoms with Crippen molar-refractivity contribution in [3.8, 4) is 0 Å². The Morgan fingerprint density at radius 2 is 1.78 bits per heavy atom. The topological polar surface area (TPSA) is 75.3 Å². The third kappa shape index (κ3) is 5.02. The summed E-state index contributed by atoms with van der Waals surface area (Å²) in [5.74, 6) is -0.345. The van der Waals surface area contributed by atoms with E-state index in [2.05, 4.69) is 28.2 Å². The van der Waals surface area contributed by atoms with Gasteiger partial charge in [-0.15, -0.1) is 0 Å². The number of hydrogen-bond acceptors (Lipinski definition) is 3. The molecule has 0 saturated heterocycles. The quantitative estimate of drug-likeness (QED) is 0.785. The molecule has 1 aliphatic carbocycles. The van der Waals surface area contributed by atoms with Crippen LogP contribution in [0.2, 0.25) is 5.02 Å². The first-order valence-corrected chi connectivity index (χ1v) is 11.2. The summed E-state index contributed by atoms with van der Waals surface area (Å²) >= 11 is 6.15. The van der Waals surface area contributed by atoms with Crippen molar-refractivity contribution in [2.45, 2.75) is 38.6 Å². The van der Waals surface area contributed by atoms with Gasteiger partial charge in [-0.3, -0.25) is 9.52 Å². The first kappa shape index (κ1) is 19.7. The first-order chi connectivity index (χ1) is 12.7. The Morgan fingerprint density at radius 3 is 2.48 bits per heavy atom. The van der Waals surface area contributed by atoms with Crippen molar-refractivity contribution in [3.05, 3.63) is 63.7 Å². The minimum absolute atomic E-state index is 0.188. The van der Waals surface area contributed by atoms with Crippen molar-refractivity contribution >= 4 is 33.2 Å². The van der Waals surface area contributed by atoms with Crippen molar-refractivity contribution < 1.29 is 13.2 Å². The Hall–Kier alpha value is -2.05. The van der Waals surface area contributed by atoms with Gasteiger partial charge in [-0.25, -0.2) is 8.42 Å². The minimum Gasteiger partial charge on any atom is -0.345 e. The highest BCUT2D eigenvalue weighted by Crippen LogP contribution is 2.26. The van der Waals surface area contributed by atoms with Gasteiger partial charge in [-0.1, -0.05) is 29.8 Å². The van der Waals surface area contributed by atoms with Gasteiger partial charge in [-0.2, -0.15) is 0 Å². The molecule has 0 heterocycles. The van der Waals surface area contributed by atoms with E-state index in [1.165, 1.54) is 42.2 Å². The van der Waals surface area contributed by atoms with E-state index >= 15 is 0 Å². The van der Waals surface area contributed by atoms with E-state index < -0.39 is 10.0 Å². The lowest BCUT2D eigenvalue weighted by atomic mass is 9.89. The Morgan fingerprint density at radius 1 is 1.07 bits per heavy atom. The monoisotopic (exact) mass is 406 g/mol. The summed E-state index contributed by atoms with van der Waals surface area (Å²) in [5.41, 5.74) is 4.33. The lowest BCUT2D eigenvalue weighted by Gasteiger charge is -2.20. The average Bonchev–Trinajstić information content (AvgIpc) is 2.61. The predicted molar refractivity (Wildman–Crippen MR) is 109 cm³/mol. The molecule has 2 N–H and O–H groups in total. The standard InChI is InChI=1S/C20H23ClN2O3S/c1-13(15-8-7-14-5-3-4-6-16(14)11-15)22-20(24)18-12-17(9-10-19(18)21)23-27(2,25)26/h7-13,23H,3-6H2,1-2H3,(H,22,24). The first-order valence-electron chi connectivity index (χ1n) is 8.93. The third-order valence-corrected chi connectivity index (χ3v) is 5.67. The summed E-state index contributed by atoms with van der Waals surface area (Å²) in [6.45, 7) is 1.93. The van der Waals surface area contributed by atoms with E-state index in [1.807, 2.05) is 6.92 Å². The van der Waals surface area contributed by atoms with Crippen LogP contribution in [0.3, 0.4) is 0 Å². The number of amides is 1. The molecule has 1 atom stereocenters. The third-order valence-electron chi connectivity index (χ3n) is 4.73. The van der Waals surface area contributed by atoms with Gasteiger partial charge in [-0.05, 0) is 67.5 Å². The molecule has 0 bridgehead atoms. The van der Waals surface area contributed by atoms with Crippen molar-refractivity contribution in [2.75, 3.05) is 11.0 Å². The lowest BCUT2D eigenvalue weighted by molar-refractivity contribution is 0.0940. The molecule has 1 amide bonds. The van der Waals surface area contributed by atoms with Crippen LogP contribution in [0.1, 0.15) is 52.9 Å². The number of carbonyl (C=O) groups is 1. The van der Waals surface area contributed by atoms with Gasteiger partial charge < -0.3 is 5.32 Å². The Labute approximate surface area is 165 Å². The number of benzene rings is 2. The van der Waals surface area contributed by atoms with Crippen LogP contribution in [0.15, 0.2) is 36.4 Å². The number of halogens is 1. The number of carbonyl (C=O) groups excluding carboxylic acids is 1. The average molecular weight is 407 g/mol. The summed E-state index contributed by atoms with van der Waals surface area (Å²) in [6, 6.07) is 10.7. The molecule has 7 heteroatoms. The summed E-state index contributed by atoms with van der Waals surface area (Å²) in [7, 11) is -3.43. The largest absolute Gasteiger partial charge is 0.345 e. The summed E-state index contributed by atoms with van der Waals surface area (Å²) in [6.07, 6.45) is 5.68. The van der Waals surface area contributed by atoms with Crippen LogP contribution >= 0.6 is 11.6 Å². The van der Waals surface area contributed by atoms with Gasteiger partial charge in [0.05, 0.1) is 22.9 Å². The normalized spacial score (nSPS) is 14.9. The van der Waals surface area contributed by atoms with Crippen LogP contribution in [-0.2, 0) is 22.9 Å². The summed E-state index contributed by atoms with van der Waals surface area (Å²) in [4.78, 5) is 12.7. The van der Waals surface area contributed by atoms with E-state index in [-0.39, 0.29) is 22.5 Å². The number of nitrogens with one attached hydrogen (secondary N) is 2. The summed E-state index contributed by atoms with van der Waals surface area (Å²) in [5, 5.41) is 3.22. The SMILES string of the molecule is CC(NC(=O)c1cc(NS(C)(=O)=O)ccc1Cl)c1ccc2c(c1)CCCC2. The van der Waals surface area contributed by atoms with Crippen LogP contribution in [-0.4, -0.2) is 20.6 Å². The van der Waals surface area contributed by atoms with Crippen LogP contribution in [0, 0.1) is 0 Å². The molecule has 0 fully saturated rings. The van der Waals surface area contributed by atoms with E-state index in [0.717, 1.165) is 24.7 Å². The van der Waals surface area contributed by atoms with Crippen molar-refractivity contribution in [1.82, 2.24) is 5.32 Å². The molecule has 0 aliphatic heterocycles. The fourth-order valence-corrected chi connectivity index (χ4v) is 4.12. The second-order valence-corrected chi connectivity index (χ2v) is 9.15. The lowest BCUT2D eigenvalue weighted by Crippen LogP contribution is -2.27. The Bertz CT molecular complexity index is 973. The Kier molecular flexibility index (Phi) is 5.77. The van der Waals surface area contributed by atoms with Crippen LogP contribution in [0.4, 0.5) is 5.69 Å². The van der Waals surface area contributed by atoms with Crippen LogP contribution in [0.5, 0.6) is 0 Å². The minimum atomic E-state index is -3.43. The van der Waals surface area contributed by atoms with Gasteiger partial charge in [0.2, 0.25) is 10.0 Å². The van der Waals surface area contributed by atoms with E-state index in [9.17, 15) is 13.2 Å². The molecule has 2 aromatic rings. The van der Waals surface area contributed by atoms with Gasteiger partial charge in [0.15, 0.2) is 0 Å². The molecular weight excluding hydrogens is 384 g/mol. The van der Waals surface area contributed by atoms with Crippen LogP contribution in [0.25, 0.3) is 0 Å². The maximum Gasteiger partial charge on any atom is 0.253 e. The maximum absolute atomic E-state index is 12.7. The smallest absolute Gasteiger partial charge is 0.253 e. The molecule has 27 heavy (non-hydrogen) atoms. The zero-order chi connectivity index (χ0) is 19.6. The molecule has 0 saturated carbocycles. The Balaban J connectivity index is 1.77. The molecule has 1 aliphatic rings. The molecule has 0 radical (unpaired) electrons. The van der Waals surface area contributed by atoms with Gasteiger partial charge >= 0.3 is 0 Å². The van der Waals surface area contributed by atoms with E-state index in [1.54, 1.807) is 0 Å². The molecular formula is C20H23ClN2O3S. The van der Waals surface area contributed by atoms with E-state index in [4.69, 9.17) is 11.6 Å². The highest BCUT2D eigenvalue weighted by Gasteiger charge is 2.17. The van der Waals surface area contributed by atoms with E-state index in [0.29, 0.717) is 5.69 Å². The molecule has 0 spiro atoms. The number of aryl methyl sites for hydroxylation is 2. The molecule has 5 nitrogen and oxygen atoms in total. The zero-order valence-electron chi connectivity index (χ0n) is 15.4. The maximum atomic E-state index is 12.7. The number of anilines is 1. The van der Waals surface area contributed by atoms with Gasteiger partial charge in [0, 0.05) is 5.69 Å². The second kappa shape index (κ2) is 7.90. The van der Waals surface area contributed by atoms with Gasteiger partial charge in [0.1, 0.15) is 0 Å². The fourth-order valence-electron chi connectivity index (χ4n) is 3.36. The predicted octanol–water partition coefficient (Wildman–Crippen LogP) is 4.08. The fraction of sp³-hybridized carbons (Fsp3) is 0.350. The molecule has 0 aromatic heterocycles. The number of rotatable bonds is 5. The molecule has 1 unspecified atom stereocenters. The highest BCUT2D eigenvalue weighted by atomic mass is 35.5. The molecule has 144 valence electrons. The van der Waals surface area contributed by atoms with Crippen LogP contribution < -0.4 is 10.0 Å². The van der Waals surface area contributed by atoms with Gasteiger partial charge in [0.25, 0.3) is 5.91 Å². The van der Waals surface area contributed by atoms with Crippen molar-refractivity contribution in [1.29, 1.82) is 0 Å². The summed E-state index contributed by atoms with van der Waals surface area (Å²) < 4.78 is 25.2. The zero-order valence-corrected chi connectivity index (χ0v) is 17.0. The number of fused-ring (bicyclic) bond motifs is 1. The number of sulfonamides is 1. The van der Waals surface area contributed by atoms with Crippen molar-refractivity contribution in [2.24, 2.45) is 0 Å². The molecule has 3 rings (SSSR count). The van der Waals surface area contributed by atoms with Crippen molar-refractivity contribution in [3.63, 3.8) is 0 Å². The highest BCUT2D eigenvalue weighted by molar-refractivity contribution is 7.92. The number of hydrogen-bond donors (Lipinski definition) is 2.